The summed E-state index contributed by atoms with van der Waals surface area (Å²) in [5, 5.41) is 8.54. The van der Waals surface area contributed by atoms with Gasteiger partial charge in [-0.3, -0.25) is 9.59 Å². The first-order valence-corrected chi connectivity index (χ1v) is 17.1. The molecule has 268 valence electrons. The molecule has 4 heterocycles. The fourth-order valence-electron chi connectivity index (χ4n) is 6.66. The van der Waals surface area contributed by atoms with Gasteiger partial charge in [0.1, 0.15) is 29.3 Å². The van der Waals surface area contributed by atoms with Crippen LogP contribution >= 0.6 is 0 Å². The molecule has 2 fully saturated rings. The molecule has 0 bridgehead atoms. The number of rotatable bonds is 9. The molecule has 2 saturated heterocycles. The van der Waals surface area contributed by atoms with Crippen LogP contribution in [0.5, 0.6) is 0 Å². The fraction of sp³-hybridized carbons (Fsp3) is 0.378. The highest BCUT2D eigenvalue weighted by Crippen LogP contribution is 2.34. The number of anilines is 2. The number of benzene rings is 2. The lowest BCUT2D eigenvalue weighted by Crippen LogP contribution is -2.51. The van der Waals surface area contributed by atoms with Gasteiger partial charge < -0.3 is 35.5 Å². The predicted molar refractivity (Wildman–Crippen MR) is 189 cm³/mol. The molecule has 2 aliphatic rings. The third-order valence-electron chi connectivity index (χ3n) is 9.43. The number of alkyl carbamates (subject to hydrolysis) is 1. The third kappa shape index (κ3) is 7.70. The zero-order valence-electron chi connectivity index (χ0n) is 29.0. The number of hydrogen-bond donors (Lipinski definition) is 4. The van der Waals surface area contributed by atoms with Crippen LogP contribution in [-0.2, 0) is 9.53 Å². The number of pyridine rings is 1. The first kappa shape index (κ1) is 35.5. The summed E-state index contributed by atoms with van der Waals surface area (Å²) in [6, 6.07) is 11.5. The van der Waals surface area contributed by atoms with Gasteiger partial charge in [0, 0.05) is 44.1 Å². The number of likely N-dealkylation sites (tertiary alicyclic amines) is 1. The molecule has 4 aromatic rings. The van der Waals surface area contributed by atoms with E-state index in [4.69, 9.17) is 4.74 Å². The van der Waals surface area contributed by atoms with E-state index in [0.717, 1.165) is 49.6 Å². The fourth-order valence-corrected chi connectivity index (χ4v) is 6.66. The summed E-state index contributed by atoms with van der Waals surface area (Å²) < 4.78 is 35.4. The van der Waals surface area contributed by atoms with E-state index < -0.39 is 29.7 Å². The van der Waals surface area contributed by atoms with Crippen LogP contribution in [0.1, 0.15) is 55.8 Å². The normalized spacial score (nSPS) is 18.1. The Morgan fingerprint density at radius 1 is 0.980 bits per heavy atom. The Morgan fingerprint density at radius 3 is 2.35 bits per heavy atom. The molecule has 2 aliphatic heterocycles. The molecule has 51 heavy (non-hydrogen) atoms. The summed E-state index contributed by atoms with van der Waals surface area (Å²) in [6.45, 7) is 8.83. The molecule has 3 amide bonds. The highest BCUT2D eigenvalue weighted by atomic mass is 19.1. The van der Waals surface area contributed by atoms with Crippen molar-refractivity contribution in [2.75, 3.05) is 43.5 Å². The van der Waals surface area contributed by atoms with Gasteiger partial charge in [-0.25, -0.2) is 23.5 Å². The molecule has 0 saturated carbocycles. The standard InChI is InChI=1S/C37H42F2N8O4/c1-21(2)33(45-37(50)51-4)36(49)47-14-5-6-30(47)34-42-20-29(44-34)23-7-9-24(10-8-23)32-27(38)16-26(17-28(32)39)43-35(48)25-11-12-31(41-19-25)46-15-13-40-18-22(46)3/h7-12,16-17,19-22,30,33,40H,5-6,13-15,18H2,1-4H3,(H,42,44)(H,43,48)(H,45,50)/t22?,30?,33-/m0/s1. The van der Waals surface area contributed by atoms with Crippen molar-refractivity contribution in [2.45, 2.75) is 51.7 Å². The number of nitrogens with zero attached hydrogens (tertiary/aromatic N) is 4. The Labute approximate surface area is 295 Å². The Bertz CT molecular complexity index is 1860. The maximum Gasteiger partial charge on any atom is 0.407 e. The number of imidazole rings is 1. The molecule has 12 nitrogen and oxygen atoms in total. The van der Waals surface area contributed by atoms with Gasteiger partial charge in [-0.15, -0.1) is 0 Å². The van der Waals surface area contributed by atoms with Gasteiger partial charge in [0.2, 0.25) is 5.91 Å². The molecule has 14 heteroatoms. The Kier molecular flexibility index (Phi) is 10.6. The summed E-state index contributed by atoms with van der Waals surface area (Å²) in [5.74, 6) is -1.16. The lowest BCUT2D eigenvalue weighted by atomic mass is 10.0. The summed E-state index contributed by atoms with van der Waals surface area (Å²) in [7, 11) is 1.26. The summed E-state index contributed by atoms with van der Waals surface area (Å²) in [6.07, 6.45) is 3.94. The first-order chi connectivity index (χ1) is 24.5. The van der Waals surface area contributed by atoms with E-state index in [0.29, 0.717) is 30.0 Å². The monoisotopic (exact) mass is 700 g/mol. The maximum absolute atomic E-state index is 15.4. The number of halogens is 2. The van der Waals surface area contributed by atoms with Crippen LogP contribution in [0.2, 0.25) is 0 Å². The number of piperazine rings is 1. The molecule has 2 aromatic heterocycles. The number of carbonyl (C=O) groups is 3. The van der Waals surface area contributed by atoms with Crippen LogP contribution in [0, 0.1) is 17.6 Å². The minimum absolute atomic E-state index is 0.0135. The number of H-pyrrole nitrogens is 1. The van der Waals surface area contributed by atoms with Crippen LogP contribution in [0.25, 0.3) is 22.4 Å². The first-order valence-electron chi connectivity index (χ1n) is 17.1. The number of ether oxygens (including phenoxy) is 1. The molecule has 3 atom stereocenters. The Hall–Kier alpha value is -5.37. The Morgan fingerprint density at radius 2 is 1.71 bits per heavy atom. The van der Waals surface area contributed by atoms with Crippen LogP contribution < -0.4 is 20.9 Å². The smallest absolute Gasteiger partial charge is 0.407 e. The summed E-state index contributed by atoms with van der Waals surface area (Å²) in [4.78, 5) is 54.4. The number of nitrogens with one attached hydrogen (secondary N) is 4. The number of carbonyl (C=O) groups excluding carboxylic acids is 3. The lowest BCUT2D eigenvalue weighted by molar-refractivity contribution is -0.135. The number of hydrogen-bond acceptors (Lipinski definition) is 8. The molecule has 0 radical (unpaired) electrons. The van der Waals surface area contributed by atoms with Crippen LogP contribution in [0.15, 0.2) is 60.9 Å². The van der Waals surface area contributed by atoms with Crippen molar-refractivity contribution in [2.24, 2.45) is 5.92 Å². The van der Waals surface area contributed by atoms with Gasteiger partial charge >= 0.3 is 6.09 Å². The summed E-state index contributed by atoms with van der Waals surface area (Å²) in [5.41, 5.74) is 1.76. The van der Waals surface area contributed by atoms with Crippen molar-refractivity contribution >= 4 is 29.4 Å². The quantitative estimate of drug-likeness (QED) is 0.179. The zero-order valence-corrected chi connectivity index (χ0v) is 29.0. The number of amides is 3. The average Bonchev–Trinajstić information content (AvgIpc) is 3.81. The van der Waals surface area contributed by atoms with Crippen LogP contribution in [-0.4, -0.2) is 83.1 Å². The van der Waals surface area contributed by atoms with Gasteiger partial charge in [-0.05, 0) is 61.1 Å². The zero-order chi connectivity index (χ0) is 36.2. The van der Waals surface area contributed by atoms with Crippen LogP contribution in [0.3, 0.4) is 0 Å². The van der Waals surface area contributed by atoms with Crippen molar-refractivity contribution in [3.63, 3.8) is 0 Å². The SMILES string of the molecule is COC(=O)N[C@H](C(=O)N1CCCC1c1ncc(-c2ccc(-c3c(F)cc(NC(=O)c4ccc(N5CCNCC5C)nc4)cc3F)cc2)[nH]1)C(C)C. The lowest BCUT2D eigenvalue weighted by Gasteiger charge is -2.34. The predicted octanol–water partition coefficient (Wildman–Crippen LogP) is 5.51. The summed E-state index contributed by atoms with van der Waals surface area (Å²) >= 11 is 0. The largest absolute Gasteiger partial charge is 0.453 e. The van der Waals surface area contributed by atoms with Crippen molar-refractivity contribution in [1.82, 2.24) is 30.5 Å². The van der Waals surface area contributed by atoms with Crippen molar-refractivity contribution in [1.29, 1.82) is 0 Å². The van der Waals surface area contributed by atoms with E-state index in [-0.39, 0.29) is 40.7 Å². The van der Waals surface area contributed by atoms with E-state index in [9.17, 15) is 14.4 Å². The highest BCUT2D eigenvalue weighted by Gasteiger charge is 2.37. The Balaban J connectivity index is 1.12. The molecule has 0 spiro atoms. The highest BCUT2D eigenvalue weighted by molar-refractivity contribution is 6.04. The minimum atomic E-state index is -0.824. The molecule has 0 aliphatic carbocycles. The number of aromatic amines is 1. The van der Waals surface area contributed by atoms with Crippen molar-refractivity contribution in [3.05, 3.63) is 83.9 Å². The van der Waals surface area contributed by atoms with Gasteiger partial charge in [0.05, 0.1) is 36.2 Å². The van der Waals surface area contributed by atoms with Gasteiger partial charge in [-0.2, -0.15) is 0 Å². The average molecular weight is 701 g/mol. The minimum Gasteiger partial charge on any atom is -0.453 e. The second-order valence-corrected chi connectivity index (χ2v) is 13.2. The van der Waals surface area contributed by atoms with E-state index >= 15 is 8.78 Å². The van der Waals surface area contributed by atoms with E-state index in [1.54, 1.807) is 47.5 Å². The topological polar surface area (TPSA) is 145 Å². The van der Waals surface area contributed by atoms with Crippen molar-refractivity contribution < 1.29 is 27.9 Å². The number of methoxy groups -OCH3 is 1. The molecule has 2 aromatic carbocycles. The molecule has 4 N–H and O–H groups in total. The van der Waals surface area contributed by atoms with Gasteiger partial charge in [0.25, 0.3) is 5.91 Å². The second-order valence-electron chi connectivity index (χ2n) is 13.2. The molecule has 2 unspecified atom stereocenters. The van der Waals surface area contributed by atoms with E-state index in [1.807, 2.05) is 13.8 Å². The second kappa shape index (κ2) is 15.3. The van der Waals surface area contributed by atoms with Crippen LogP contribution in [0.4, 0.5) is 25.1 Å². The molecule has 6 rings (SSSR count). The number of aromatic nitrogens is 3. The molecular weight excluding hydrogens is 658 g/mol. The van der Waals surface area contributed by atoms with Gasteiger partial charge in [0.15, 0.2) is 0 Å². The van der Waals surface area contributed by atoms with E-state index in [2.05, 4.69) is 42.7 Å². The van der Waals surface area contributed by atoms with Gasteiger partial charge in [-0.1, -0.05) is 38.1 Å². The van der Waals surface area contributed by atoms with Crippen molar-refractivity contribution in [3.8, 4) is 22.4 Å². The maximum atomic E-state index is 15.4. The molecular formula is C37H42F2N8O4. The van der Waals surface area contributed by atoms with E-state index in [1.165, 1.54) is 13.3 Å². The third-order valence-corrected chi connectivity index (χ3v) is 9.43.